The molecule has 1 aromatic heterocycles. The van der Waals surface area contributed by atoms with Gasteiger partial charge in [0.25, 0.3) is 0 Å². The Labute approximate surface area is 92.9 Å². The van der Waals surface area contributed by atoms with E-state index in [2.05, 4.69) is 48.8 Å². The van der Waals surface area contributed by atoms with Crippen LogP contribution >= 0.6 is 0 Å². The molecule has 0 aliphatic carbocycles. The Hall–Kier alpha value is -0.990. The molecule has 0 aromatic carbocycles. The number of rotatable bonds is 5. The standard InChI is InChI=1S/C12H23N3/c1-6-7-15-8-10(4)13-12(15)14-11(5)9(2)3/h8-9,11H,6-7H2,1-5H3,(H,13,14). The Morgan fingerprint density at radius 3 is 2.60 bits per heavy atom. The van der Waals surface area contributed by atoms with Crippen molar-refractivity contribution in [1.82, 2.24) is 9.55 Å². The second-order valence-electron chi connectivity index (χ2n) is 4.58. The van der Waals surface area contributed by atoms with E-state index in [0.717, 1.165) is 24.6 Å². The number of aromatic nitrogens is 2. The summed E-state index contributed by atoms with van der Waals surface area (Å²) in [5, 5.41) is 3.47. The molecule has 0 amide bonds. The van der Waals surface area contributed by atoms with Crippen molar-refractivity contribution in [2.24, 2.45) is 5.92 Å². The van der Waals surface area contributed by atoms with Gasteiger partial charge in [0.2, 0.25) is 5.95 Å². The second kappa shape index (κ2) is 5.19. The topological polar surface area (TPSA) is 29.9 Å². The molecule has 1 N–H and O–H groups in total. The third-order valence-corrected chi connectivity index (χ3v) is 2.72. The first-order chi connectivity index (χ1) is 7.04. The molecule has 0 saturated carbocycles. The van der Waals surface area contributed by atoms with Crippen LogP contribution in [0.25, 0.3) is 0 Å². The summed E-state index contributed by atoms with van der Waals surface area (Å²) in [6.45, 7) is 11.9. The molecular weight excluding hydrogens is 186 g/mol. The molecule has 86 valence electrons. The third kappa shape index (κ3) is 3.26. The maximum Gasteiger partial charge on any atom is 0.203 e. The van der Waals surface area contributed by atoms with E-state index in [4.69, 9.17) is 0 Å². The third-order valence-electron chi connectivity index (χ3n) is 2.72. The lowest BCUT2D eigenvalue weighted by Gasteiger charge is -2.18. The Balaban J connectivity index is 2.74. The van der Waals surface area contributed by atoms with Crippen molar-refractivity contribution in [2.75, 3.05) is 5.32 Å². The maximum absolute atomic E-state index is 4.50. The lowest BCUT2D eigenvalue weighted by Crippen LogP contribution is -2.23. The van der Waals surface area contributed by atoms with Gasteiger partial charge >= 0.3 is 0 Å². The molecule has 0 bridgehead atoms. The molecule has 1 rings (SSSR count). The molecule has 1 heterocycles. The van der Waals surface area contributed by atoms with E-state index in [1.54, 1.807) is 0 Å². The summed E-state index contributed by atoms with van der Waals surface area (Å²) >= 11 is 0. The van der Waals surface area contributed by atoms with Crippen LogP contribution in [0.4, 0.5) is 5.95 Å². The summed E-state index contributed by atoms with van der Waals surface area (Å²) in [4.78, 5) is 4.50. The molecule has 0 fully saturated rings. The Morgan fingerprint density at radius 1 is 1.40 bits per heavy atom. The summed E-state index contributed by atoms with van der Waals surface area (Å²) in [6, 6.07) is 0.461. The van der Waals surface area contributed by atoms with Crippen molar-refractivity contribution in [3.63, 3.8) is 0 Å². The molecule has 3 nitrogen and oxygen atoms in total. The molecule has 0 spiro atoms. The number of nitrogens with zero attached hydrogens (tertiary/aromatic N) is 2. The van der Waals surface area contributed by atoms with Gasteiger partial charge in [-0.25, -0.2) is 4.98 Å². The summed E-state index contributed by atoms with van der Waals surface area (Å²) in [5.41, 5.74) is 1.09. The van der Waals surface area contributed by atoms with Gasteiger partial charge in [-0.1, -0.05) is 20.8 Å². The minimum absolute atomic E-state index is 0.461. The van der Waals surface area contributed by atoms with E-state index in [0.29, 0.717) is 12.0 Å². The first-order valence-corrected chi connectivity index (χ1v) is 5.85. The zero-order valence-electron chi connectivity index (χ0n) is 10.5. The van der Waals surface area contributed by atoms with E-state index in [-0.39, 0.29) is 0 Å². The highest BCUT2D eigenvalue weighted by atomic mass is 15.2. The molecule has 3 heteroatoms. The van der Waals surface area contributed by atoms with Crippen LogP contribution in [0.1, 0.15) is 39.8 Å². The van der Waals surface area contributed by atoms with Crippen molar-refractivity contribution < 1.29 is 0 Å². The van der Waals surface area contributed by atoms with E-state index in [1.165, 1.54) is 0 Å². The van der Waals surface area contributed by atoms with Gasteiger partial charge in [-0.15, -0.1) is 0 Å². The average Bonchev–Trinajstić information content (AvgIpc) is 2.47. The van der Waals surface area contributed by atoms with Gasteiger partial charge < -0.3 is 9.88 Å². The molecule has 0 aliphatic rings. The largest absolute Gasteiger partial charge is 0.353 e. The number of hydrogen-bond donors (Lipinski definition) is 1. The first kappa shape index (κ1) is 12.1. The highest BCUT2D eigenvalue weighted by molar-refractivity contribution is 5.30. The lowest BCUT2D eigenvalue weighted by atomic mass is 10.1. The predicted molar refractivity (Wildman–Crippen MR) is 65.2 cm³/mol. The summed E-state index contributed by atoms with van der Waals surface area (Å²) in [6.07, 6.45) is 3.25. The summed E-state index contributed by atoms with van der Waals surface area (Å²) in [7, 11) is 0. The number of hydrogen-bond acceptors (Lipinski definition) is 2. The van der Waals surface area contributed by atoms with E-state index in [9.17, 15) is 0 Å². The molecule has 1 atom stereocenters. The second-order valence-corrected chi connectivity index (χ2v) is 4.58. The average molecular weight is 209 g/mol. The molecule has 0 aliphatic heterocycles. The van der Waals surface area contributed by atoms with Crippen molar-refractivity contribution in [3.8, 4) is 0 Å². The highest BCUT2D eigenvalue weighted by Gasteiger charge is 2.10. The van der Waals surface area contributed by atoms with Crippen molar-refractivity contribution in [2.45, 2.75) is 53.6 Å². The van der Waals surface area contributed by atoms with E-state index >= 15 is 0 Å². The van der Waals surface area contributed by atoms with E-state index < -0.39 is 0 Å². The Morgan fingerprint density at radius 2 is 2.07 bits per heavy atom. The van der Waals surface area contributed by atoms with E-state index in [1.807, 2.05) is 6.92 Å². The molecular formula is C12H23N3. The molecule has 0 radical (unpaired) electrons. The number of aryl methyl sites for hydroxylation is 2. The molecule has 1 unspecified atom stereocenters. The fourth-order valence-corrected chi connectivity index (χ4v) is 1.44. The van der Waals surface area contributed by atoms with Gasteiger partial charge in [0.15, 0.2) is 0 Å². The van der Waals surface area contributed by atoms with Crippen LogP contribution in [0.3, 0.4) is 0 Å². The monoisotopic (exact) mass is 209 g/mol. The number of imidazole rings is 1. The minimum atomic E-state index is 0.461. The van der Waals surface area contributed by atoms with Gasteiger partial charge in [-0.2, -0.15) is 0 Å². The maximum atomic E-state index is 4.50. The van der Waals surface area contributed by atoms with Crippen LogP contribution in [0.15, 0.2) is 6.20 Å². The SMILES string of the molecule is CCCn1cc(C)nc1NC(C)C(C)C. The summed E-state index contributed by atoms with van der Waals surface area (Å²) < 4.78 is 2.20. The van der Waals surface area contributed by atoms with Crippen LogP contribution in [0.2, 0.25) is 0 Å². The van der Waals surface area contributed by atoms with Crippen molar-refractivity contribution in [1.29, 1.82) is 0 Å². The molecule has 1 aromatic rings. The predicted octanol–water partition coefficient (Wildman–Crippen LogP) is 3.06. The molecule has 15 heavy (non-hydrogen) atoms. The Kier molecular flexibility index (Phi) is 4.18. The fraction of sp³-hybridized carbons (Fsp3) is 0.750. The zero-order chi connectivity index (χ0) is 11.4. The zero-order valence-corrected chi connectivity index (χ0v) is 10.5. The fourth-order valence-electron chi connectivity index (χ4n) is 1.44. The first-order valence-electron chi connectivity index (χ1n) is 5.85. The van der Waals surface area contributed by atoms with Gasteiger partial charge in [-0.05, 0) is 26.2 Å². The van der Waals surface area contributed by atoms with Crippen LogP contribution in [0.5, 0.6) is 0 Å². The van der Waals surface area contributed by atoms with Crippen LogP contribution in [-0.4, -0.2) is 15.6 Å². The lowest BCUT2D eigenvalue weighted by molar-refractivity contribution is 0.549. The van der Waals surface area contributed by atoms with Gasteiger partial charge in [-0.3, -0.25) is 0 Å². The molecule has 0 saturated heterocycles. The van der Waals surface area contributed by atoms with Gasteiger partial charge in [0.05, 0.1) is 5.69 Å². The van der Waals surface area contributed by atoms with Gasteiger partial charge in [0.1, 0.15) is 0 Å². The number of anilines is 1. The van der Waals surface area contributed by atoms with Crippen molar-refractivity contribution >= 4 is 5.95 Å². The smallest absolute Gasteiger partial charge is 0.203 e. The van der Waals surface area contributed by atoms with Crippen LogP contribution in [-0.2, 0) is 6.54 Å². The summed E-state index contributed by atoms with van der Waals surface area (Å²) in [5.74, 6) is 1.63. The van der Waals surface area contributed by atoms with Gasteiger partial charge in [0, 0.05) is 18.8 Å². The highest BCUT2D eigenvalue weighted by Crippen LogP contribution is 2.13. The van der Waals surface area contributed by atoms with Crippen LogP contribution < -0.4 is 5.32 Å². The normalized spacial score (nSPS) is 13.2. The number of nitrogens with one attached hydrogen (secondary N) is 1. The van der Waals surface area contributed by atoms with Crippen LogP contribution in [0, 0.1) is 12.8 Å². The minimum Gasteiger partial charge on any atom is -0.353 e. The quantitative estimate of drug-likeness (QED) is 0.807. The van der Waals surface area contributed by atoms with Crippen molar-refractivity contribution in [3.05, 3.63) is 11.9 Å². The Bertz CT molecular complexity index is 302.